The summed E-state index contributed by atoms with van der Waals surface area (Å²) in [5.74, 6) is 0.357. The number of sulfonamides is 1. The Kier molecular flexibility index (Phi) is 6.37. The van der Waals surface area contributed by atoms with Crippen LogP contribution in [0.4, 0.5) is 5.69 Å². The molecule has 0 aliphatic carbocycles. The summed E-state index contributed by atoms with van der Waals surface area (Å²) >= 11 is 0. The molecule has 0 saturated carbocycles. The van der Waals surface area contributed by atoms with Crippen LogP contribution in [0.2, 0.25) is 0 Å². The van der Waals surface area contributed by atoms with Gasteiger partial charge in [-0.15, -0.1) is 0 Å². The first-order valence-electron chi connectivity index (χ1n) is 9.50. The predicted octanol–water partition coefficient (Wildman–Crippen LogP) is 2.75. The van der Waals surface area contributed by atoms with Crippen molar-refractivity contribution in [2.45, 2.75) is 31.2 Å². The van der Waals surface area contributed by atoms with Gasteiger partial charge < -0.3 is 9.30 Å². The minimum Gasteiger partial charge on any atom is -0.427 e. The lowest BCUT2D eigenvalue weighted by atomic mass is 10.3. The second-order valence-corrected chi connectivity index (χ2v) is 9.09. The van der Waals surface area contributed by atoms with E-state index in [4.69, 9.17) is 4.74 Å². The summed E-state index contributed by atoms with van der Waals surface area (Å²) < 4.78 is 33.0. The topological polar surface area (TPSA) is 125 Å². The quantitative estimate of drug-likeness (QED) is 0.225. The van der Waals surface area contributed by atoms with Crippen molar-refractivity contribution in [2.24, 2.45) is 0 Å². The summed E-state index contributed by atoms with van der Waals surface area (Å²) in [6, 6.07) is 10.0. The Labute approximate surface area is 179 Å². The van der Waals surface area contributed by atoms with Crippen LogP contribution in [0.15, 0.2) is 47.4 Å². The fourth-order valence-corrected chi connectivity index (χ4v) is 4.03. The van der Waals surface area contributed by atoms with Crippen molar-refractivity contribution in [1.82, 2.24) is 13.9 Å². The minimum absolute atomic E-state index is 0.0448. The molecule has 3 rings (SSSR count). The molecule has 0 saturated heterocycles. The van der Waals surface area contributed by atoms with Crippen LogP contribution in [0.5, 0.6) is 5.75 Å². The summed E-state index contributed by atoms with van der Waals surface area (Å²) in [6.07, 6.45) is 0.341. The largest absolute Gasteiger partial charge is 0.427 e. The number of carbonyl (C=O) groups excluding carboxylic acids is 1. The van der Waals surface area contributed by atoms with Gasteiger partial charge in [-0.3, -0.25) is 14.9 Å². The first-order chi connectivity index (χ1) is 14.6. The molecule has 0 bridgehead atoms. The number of hydrogen-bond acceptors (Lipinski definition) is 7. The zero-order valence-corrected chi connectivity index (χ0v) is 18.1. The average molecular weight is 446 g/mol. The number of nitro groups is 1. The normalized spacial score (nSPS) is 11.7. The van der Waals surface area contributed by atoms with Crippen molar-refractivity contribution in [2.75, 3.05) is 14.1 Å². The van der Waals surface area contributed by atoms with Gasteiger partial charge in [0.1, 0.15) is 11.6 Å². The van der Waals surface area contributed by atoms with E-state index in [1.54, 1.807) is 6.07 Å². The summed E-state index contributed by atoms with van der Waals surface area (Å²) in [7, 11) is -0.651. The molecule has 31 heavy (non-hydrogen) atoms. The van der Waals surface area contributed by atoms with Gasteiger partial charge in [0.05, 0.1) is 27.3 Å². The van der Waals surface area contributed by atoms with E-state index in [0.717, 1.165) is 9.82 Å². The van der Waals surface area contributed by atoms with Crippen molar-refractivity contribution < 1.29 is 22.9 Å². The number of carbonyl (C=O) groups is 1. The Morgan fingerprint density at radius 1 is 1.19 bits per heavy atom. The van der Waals surface area contributed by atoms with E-state index in [-0.39, 0.29) is 22.8 Å². The highest BCUT2D eigenvalue weighted by molar-refractivity contribution is 7.89. The lowest BCUT2D eigenvalue weighted by molar-refractivity contribution is -0.384. The fourth-order valence-electron chi connectivity index (χ4n) is 3.11. The number of rotatable bonds is 8. The number of nitrogens with zero attached hydrogens (tertiary/aromatic N) is 4. The molecular weight excluding hydrogens is 424 g/mol. The molecule has 1 heterocycles. The molecular formula is C20H22N4O6S. The number of hydrogen-bond donors (Lipinski definition) is 0. The molecule has 1 aromatic heterocycles. The molecule has 2 aromatic carbocycles. The van der Waals surface area contributed by atoms with Crippen LogP contribution < -0.4 is 4.74 Å². The number of aromatic nitrogens is 2. The molecule has 0 radical (unpaired) electrons. The van der Waals surface area contributed by atoms with E-state index in [9.17, 15) is 23.3 Å². The number of esters is 1. The molecule has 0 spiro atoms. The van der Waals surface area contributed by atoms with Crippen LogP contribution in [0.1, 0.15) is 19.2 Å². The van der Waals surface area contributed by atoms with Crippen LogP contribution in [-0.2, 0) is 27.8 Å². The highest BCUT2D eigenvalue weighted by Gasteiger charge is 2.20. The van der Waals surface area contributed by atoms with Gasteiger partial charge in [-0.1, -0.05) is 0 Å². The second kappa shape index (κ2) is 8.82. The van der Waals surface area contributed by atoms with E-state index in [0.29, 0.717) is 24.3 Å². The maximum atomic E-state index is 12.4. The van der Waals surface area contributed by atoms with E-state index >= 15 is 0 Å². The van der Waals surface area contributed by atoms with Gasteiger partial charge in [0.25, 0.3) is 5.69 Å². The molecule has 164 valence electrons. The van der Waals surface area contributed by atoms with Crippen LogP contribution in [-0.4, -0.2) is 47.3 Å². The number of ether oxygens (including phenoxy) is 1. The Morgan fingerprint density at radius 3 is 2.45 bits per heavy atom. The highest BCUT2D eigenvalue weighted by atomic mass is 32.2. The molecule has 0 fully saturated rings. The Hall–Kier alpha value is -3.31. The zero-order chi connectivity index (χ0) is 22.8. The van der Waals surface area contributed by atoms with Crippen molar-refractivity contribution in [3.8, 4) is 5.75 Å². The third-order valence-corrected chi connectivity index (χ3v) is 6.54. The number of imidazole rings is 1. The predicted molar refractivity (Wildman–Crippen MR) is 113 cm³/mol. The van der Waals surface area contributed by atoms with Gasteiger partial charge in [0.2, 0.25) is 10.0 Å². The number of nitro benzene ring substituents is 1. The molecule has 0 atom stereocenters. The molecule has 11 heteroatoms. The maximum Gasteiger partial charge on any atom is 0.311 e. The van der Waals surface area contributed by atoms with Crippen LogP contribution in [0, 0.1) is 10.1 Å². The van der Waals surface area contributed by atoms with E-state index in [1.807, 2.05) is 11.5 Å². The van der Waals surface area contributed by atoms with Crippen LogP contribution in [0.25, 0.3) is 11.0 Å². The number of fused-ring (bicyclic) bond motifs is 1. The first-order valence-corrected chi connectivity index (χ1v) is 10.9. The summed E-state index contributed by atoms with van der Waals surface area (Å²) in [5, 5.41) is 10.7. The fraction of sp³-hybridized carbons (Fsp3) is 0.300. The minimum atomic E-state index is -3.58. The Balaban J connectivity index is 1.76. The maximum absolute atomic E-state index is 12.4. The smallest absolute Gasteiger partial charge is 0.311 e. The summed E-state index contributed by atoms with van der Waals surface area (Å²) in [5.41, 5.74) is 1.22. The number of aryl methyl sites for hydroxylation is 2. The lowest BCUT2D eigenvalue weighted by Crippen LogP contribution is -2.22. The van der Waals surface area contributed by atoms with E-state index in [1.165, 1.54) is 50.5 Å². The van der Waals surface area contributed by atoms with Crippen molar-refractivity contribution >= 4 is 32.7 Å². The van der Waals surface area contributed by atoms with Crippen LogP contribution in [0.3, 0.4) is 0 Å². The van der Waals surface area contributed by atoms with Crippen molar-refractivity contribution in [1.29, 1.82) is 0 Å². The lowest BCUT2D eigenvalue weighted by Gasteiger charge is -2.11. The molecule has 0 aliphatic heterocycles. The third kappa shape index (κ3) is 4.72. The molecule has 0 aliphatic rings. The van der Waals surface area contributed by atoms with Crippen molar-refractivity contribution in [3.63, 3.8) is 0 Å². The van der Waals surface area contributed by atoms with Gasteiger partial charge in [0.15, 0.2) is 0 Å². The van der Waals surface area contributed by atoms with E-state index < -0.39 is 20.9 Å². The molecule has 0 unspecified atom stereocenters. The zero-order valence-electron chi connectivity index (χ0n) is 17.3. The van der Waals surface area contributed by atoms with E-state index in [2.05, 4.69) is 4.98 Å². The second-order valence-electron chi connectivity index (χ2n) is 6.94. The molecule has 10 nitrogen and oxygen atoms in total. The van der Waals surface area contributed by atoms with Gasteiger partial charge >= 0.3 is 5.97 Å². The molecule has 0 amide bonds. The standard InChI is InChI=1S/C20H22N4O6S/c1-4-23-18-10-9-16(31(28,29)22(2)3)13-17(18)21-19(23)11-12-20(25)30-15-7-5-14(6-8-15)24(26)27/h5-10,13H,4,11-12H2,1-3H3. The SMILES string of the molecule is CCn1c(CCC(=O)Oc2ccc([N+](=O)[O-])cc2)nc2cc(S(=O)(=O)N(C)C)ccc21. The van der Waals surface area contributed by atoms with Crippen molar-refractivity contribution in [3.05, 3.63) is 58.4 Å². The number of benzene rings is 2. The highest BCUT2D eigenvalue weighted by Crippen LogP contribution is 2.23. The van der Waals surface area contributed by atoms with Gasteiger partial charge in [-0.2, -0.15) is 0 Å². The third-order valence-electron chi connectivity index (χ3n) is 4.73. The molecule has 3 aromatic rings. The Morgan fingerprint density at radius 2 is 1.87 bits per heavy atom. The van der Waals surface area contributed by atoms with Crippen LogP contribution >= 0.6 is 0 Å². The monoisotopic (exact) mass is 446 g/mol. The summed E-state index contributed by atoms with van der Waals surface area (Å²) in [6.45, 7) is 2.54. The first kappa shape index (κ1) is 22.4. The van der Waals surface area contributed by atoms with Gasteiger partial charge in [-0.05, 0) is 37.3 Å². The Bertz CT molecular complexity index is 1230. The summed E-state index contributed by atoms with van der Waals surface area (Å²) in [4.78, 5) is 27.0. The number of non-ortho nitro benzene ring substituents is 1. The average Bonchev–Trinajstić information content (AvgIpc) is 3.09. The van der Waals surface area contributed by atoms with Gasteiger partial charge in [-0.25, -0.2) is 17.7 Å². The van der Waals surface area contributed by atoms with Gasteiger partial charge in [0, 0.05) is 39.2 Å². The molecule has 0 N–H and O–H groups in total.